The summed E-state index contributed by atoms with van der Waals surface area (Å²) in [6, 6.07) is 20.3. The van der Waals surface area contributed by atoms with Crippen molar-refractivity contribution in [2.45, 2.75) is 52.2 Å². The van der Waals surface area contributed by atoms with Crippen LogP contribution in [0.4, 0.5) is 5.69 Å². The van der Waals surface area contributed by atoms with E-state index in [1.54, 1.807) is 49.4 Å². The molecule has 0 aliphatic carbocycles. The second kappa shape index (κ2) is 13.1. The lowest BCUT2D eigenvalue weighted by Crippen LogP contribution is -2.56. The van der Waals surface area contributed by atoms with Crippen molar-refractivity contribution >= 4 is 50.7 Å². The van der Waals surface area contributed by atoms with Crippen molar-refractivity contribution in [2.24, 2.45) is 0 Å². The molecule has 1 atom stereocenters. The van der Waals surface area contributed by atoms with Gasteiger partial charge in [0, 0.05) is 28.5 Å². The SMILES string of the molecule is Cc1cc(Cl)ccc1N(CC(=O)N(Cc1ccccc1Cl)[C@H](Cc1ccccc1)C(=O)NC(C)(C)C)S(C)(=O)=O. The molecular weight excluding hydrogens is 569 g/mol. The average Bonchev–Trinajstić information content (AvgIpc) is 2.85. The van der Waals surface area contributed by atoms with Crippen molar-refractivity contribution in [3.05, 3.63) is 99.5 Å². The minimum Gasteiger partial charge on any atom is -0.350 e. The summed E-state index contributed by atoms with van der Waals surface area (Å²) in [6.45, 7) is 6.79. The number of sulfonamides is 1. The maximum atomic E-state index is 14.1. The average molecular weight is 605 g/mol. The van der Waals surface area contributed by atoms with Gasteiger partial charge in [0.1, 0.15) is 12.6 Å². The summed E-state index contributed by atoms with van der Waals surface area (Å²) >= 11 is 12.6. The van der Waals surface area contributed by atoms with Crippen molar-refractivity contribution in [1.29, 1.82) is 0 Å². The van der Waals surface area contributed by atoms with E-state index in [1.165, 1.54) is 4.90 Å². The van der Waals surface area contributed by atoms with E-state index in [9.17, 15) is 18.0 Å². The van der Waals surface area contributed by atoms with E-state index >= 15 is 0 Å². The molecular formula is C30H35Cl2N3O4S. The first-order chi connectivity index (χ1) is 18.7. The van der Waals surface area contributed by atoms with Gasteiger partial charge in [-0.25, -0.2) is 8.42 Å². The number of nitrogens with one attached hydrogen (secondary N) is 1. The number of hydrogen-bond acceptors (Lipinski definition) is 4. The summed E-state index contributed by atoms with van der Waals surface area (Å²) in [5, 5.41) is 3.87. The van der Waals surface area contributed by atoms with Crippen molar-refractivity contribution in [1.82, 2.24) is 10.2 Å². The molecule has 3 rings (SSSR count). The monoisotopic (exact) mass is 603 g/mol. The number of carbonyl (C=O) groups excluding carboxylic acids is 2. The van der Waals surface area contributed by atoms with Crippen LogP contribution in [0, 0.1) is 6.92 Å². The molecule has 0 unspecified atom stereocenters. The fraction of sp³-hybridized carbons (Fsp3) is 0.333. The highest BCUT2D eigenvalue weighted by atomic mass is 35.5. The maximum Gasteiger partial charge on any atom is 0.244 e. The maximum absolute atomic E-state index is 14.1. The van der Waals surface area contributed by atoms with E-state index < -0.39 is 34.1 Å². The zero-order valence-electron chi connectivity index (χ0n) is 23.3. The zero-order chi connectivity index (χ0) is 29.7. The number of anilines is 1. The van der Waals surface area contributed by atoms with Gasteiger partial charge in [-0.05, 0) is 68.7 Å². The zero-order valence-corrected chi connectivity index (χ0v) is 25.6. The van der Waals surface area contributed by atoms with E-state index in [0.29, 0.717) is 26.9 Å². The standard InChI is InChI=1S/C30H35Cl2N3O4S/c1-21-17-24(31)15-16-26(21)35(40(5,38)39)20-28(36)34(19-23-13-9-10-14-25(23)32)27(29(37)33-30(2,3)4)18-22-11-7-6-8-12-22/h6-17,27H,18-20H2,1-5H3,(H,33,37)/t27-/m1/s1. The first kappa shape index (κ1) is 31.5. The molecule has 0 fully saturated rings. The normalized spacial score (nSPS) is 12.5. The molecule has 0 aliphatic rings. The Morgan fingerprint density at radius 3 is 2.15 bits per heavy atom. The molecule has 3 aromatic rings. The van der Waals surface area contributed by atoms with Gasteiger partial charge in [-0.1, -0.05) is 71.7 Å². The minimum atomic E-state index is -3.88. The molecule has 1 N–H and O–H groups in total. The third-order valence-corrected chi connectivity index (χ3v) is 7.90. The lowest BCUT2D eigenvalue weighted by Gasteiger charge is -2.35. The highest BCUT2D eigenvalue weighted by molar-refractivity contribution is 7.92. The number of carbonyl (C=O) groups is 2. The van der Waals surface area contributed by atoms with E-state index in [-0.39, 0.29) is 18.9 Å². The lowest BCUT2D eigenvalue weighted by atomic mass is 10.0. The molecule has 0 saturated heterocycles. The molecule has 214 valence electrons. The molecule has 3 aromatic carbocycles. The second-order valence-electron chi connectivity index (χ2n) is 10.8. The number of amides is 2. The quantitative estimate of drug-likeness (QED) is 0.326. The van der Waals surface area contributed by atoms with Gasteiger partial charge in [-0.15, -0.1) is 0 Å². The van der Waals surface area contributed by atoms with Gasteiger partial charge in [-0.3, -0.25) is 13.9 Å². The summed E-state index contributed by atoms with van der Waals surface area (Å²) in [5.41, 5.74) is 1.84. The Labute approximate surface area is 247 Å². The third kappa shape index (κ3) is 8.71. The Kier molecular flexibility index (Phi) is 10.3. The van der Waals surface area contributed by atoms with Gasteiger partial charge < -0.3 is 10.2 Å². The fourth-order valence-electron chi connectivity index (χ4n) is 4.31. The number of halogens is 2. The van der Waals surface area contributed by atoms with Crippen LogP contribution < -0.4 is 9.62 Å². The molecule has 0 spiro atoms. The molecule has 0 saturated carbocycles. The topological polar surface area (TPSA) is 86.8 Å². The van der Waals surface area contributed by atoms with Crippen LogP contribution in [0.1, 0.15) is 37.5 Å². The first-order valence-corrected chi connectivity index (χ1v) is 15.4. The van der Waals surface area contributed by atoms with E-state index in [0.717, 1.165) is 16.1 Å². The molecule has 0 aromatic heterocycles. The Bertz CT molecular complexity index is 1460. The Morgan fingerprint density at radius 2 is 1.57 bits per heavy atom. The number of nitrogens with zero attached hydrogens (tertiary/aromatic N) is 2. The van der Waals surface area contributed by atoms with Crippen molar-refractivity contribution < 1.29 is 18.0 Å². The third-order valence-electron chi connectivity index (χ3n) is 6.17. The summed E-state index contributed by atoms with van der Waals surface area (Å²) in [4.78, 5) is 29.3. The van der Waals surface area contributed by atoms with Crippen LogP contribution in [0.5, 0.6) is 0 Å². The Balaban J connectivity index is 2.10. The van der Waals surface area contributed by atoms with Crippen molar-refractivity contribution in [3.8, 4) is 0 Å². The smallest absolute Gasteiger partial charge is 0.244 e. The first-order valence-electron chi connectivity index (χ1n) is 12.8. The van der Waals surface area contributed by atoms with Crippen LogP contribution in [-0.2, 0) is 32.6 Å². The Morgan fingerprint density at radius 1 is 0.950 bits per heavy atom. The molecule has 2 amide bonds. The highest BCUT2D eigenvalue weighted by Gasteiger charge is 2.34. The molecule has 0 bridgehead atoms. The summed E-state index contributed by atoms with van der Waals surface area (Å²) in [5.74, 6) is -0.907. The molecule has 7 nitrogen and oxygen atoms in total. The van der Waals surface area contributed by atoms with Gasteiger partial charge >= 0.3 is 0 Å². The Hall–Kier alpha value is -3.07. The second-order valence-corrected chi connectivity index (χ2v) is 13.5. The molecule has 0 heterocycles. The molecule has 10 heteroatoms. The van der Waals surface area contributed by atoms with Crippen molar-refractivity contribution in [3.63, 3.8) is 0 Å². The molecule has 0 radical (unpaired) electrons. The van der Waals surface area contributed by atoms with Gasteiger partial charge in [-0.2, -0.15) is 0 Å². The number of aryl methyl sites for hydroxylation is 1. The highest BCUT2D eigenvalue weighted by Crippen LogP contribution is 2.27. The van der Waals surface area contributed by atoms with Gasteiger partial charge in [0.2, 0.25) is 21.8 Å². The van der Waals surface area contributed by atoms with Gasteiger partial charge in [0.25, 0.3) is 0 Å². The predicted octanol–water partition coefficient (Wildman–Crippen LogP) is 5.62. The van der Waals surface area contributed by atoms with E-state index in [2.05, 4.69) is 5.32 Å². The number of hydrogen-bond donors (Lipinski definition) is 1. The lowest BCUT2D eigenvalue weighted by molar-refractivity contribution is -0.140. The molecule has 40 heavy (non-hydrogen) atoms. The van der Waals surface area contributed by atoms with Crippen molar-refractivity contribution in [2.75, 3.05) is 17.1 Å². The fourth-order valence-corrected chi connectivity index (χ4v) is 5.64. The number of rotatable bonds is 10. The van der Waals surface area contributed by atoms with Crippen LogP contribution in [0.25, 0.3) is 0 Å². The van der Waals surface area contributed by atoms with E-state index in [4.69, 9.17) is 23.2 Å². The molecule has 0 aliphatic heterocycles. The number of benzene rings is 3. The van der Waals surface area contributed by atoms with Crippen LogP contribution in [0.2, 0.25) is 10.0 Å². The summed E-state index contributed by atoms with van der Waals surface area (Å²) in [6.07, 6.45) is 1.26. The van der Waals surface area contributed by atoms with Gasteiger partial charge in [0.05, 0.1) is 11.9 Å². The van der Waals surface area contributed by atoms with Crippen LogP contribution in [-0.4, -0.2) is 49.5 Å². The largest absolute Gasteiger partial charge is 0.350 e. The summed E-state index contributed by atoms with van der Waals surface area (Å²) in [7, 11) is -3.88. The van der Waals surface area contributed by atoms with Crippen LogP contribution >= 0.6 is 23.2 Å². The van der Waals surface area contributed by atoms with Crippen LogP contribution in [0.15, 0.2) is 72.8 Å². The van der Waals surface area contributed by atoms with E-state index in [1.807, 2.05) is 51.1 Å². The summed E-state index contributed by atoms with van der Waals surface area (Å²) < 4.78 is 26.9. The van der Waals surface area contributed by atoms with Crippen LogP contribution in [0.3, 0.4) is 0 Å². The minimum absolute atomic E-state index is 0.00473. The van der Waals surface area contributed by atoms with Gasteiger partial charge in [0.15, 0.2) is 0 Å². The predicted molar refractivity (Wildman–Crippen MR) is 162 cm³/mol.